The molecule has 0 saturated heterocycles. The molecule has 4 aromatic rings. The maximum Gasteiger partial charge on any atom is 0.236 e. The van der Waals surface area contributed by atoms with Crippen molar-refractivity contribution in [1.29, 1.82) is 0 Å². The van der Waals surface area contributed by atoms with Gasteiger partial charge in [0.15, 0.2) is 22.2 Å². The number of nitrogens with zero attached hydrogens (tertiary/aromatic N) is 4. The van der Waals surface area contributed by atoms with Gasteiger partial charge in [0.2, 0.25) is 5.91 Å². The minimum atomic E-state index is -0.314. The maximum atomic E-state index is 12.6. The summed E-state index contributed by atoms with van der Waals surface area (Å²) in [5.41, 5.74) is 0.877. The molecule has 2 heterocycles. The highest BCUT2D eigenvalue weighted by Gasteiger charge is 2.21. The van der Waals surface area contributed by atoms with E-state index in [1.807, 2.05) is 60.0 Å². The van der Waals surface area contributed by atoms with Crippen LogP contribution in [0.2, 0.25) is 0 Å². The number of thiazole rings is 1. The molecule has 34 heavy (non-hydrogen) atoms. The van der Waals surface area contributed by atoms with Crippen molar-refractivity contribution in [3.05, 3.63) is 54.4 Å². The van der Waals surface area contributed by atoms with Gasteiger partial charge in [-0.25, -0.2) is 4.98 Å². The lowest BCUT2D eigenvalue weighted by Gasteiger charge is -2.18. The summed E-state index contributed by atoms with van der Waals surface area (Å²) < 4.78 is 14.4. The number of para-hydroxylation sites is 1. The Morgan fingerprint density at radius 2 is 1.82 bits per heavy atom. The van der Waals surface area contributed by atoms with E-state index in [4.69, 9.17) is 9.47 Å². The summed E-state index contributed by atoms with van der Waals surface area (Å²) >= 11 is 2.81. The van der Waals surface area contributed by atoms with Crippen molar-refractivity contribution in [1.82, 2.24) is 19.7 Å². The van der Waals surface area contributed by atoms with Gasteiger partial charge in [-0.2, -0.15) is 0 Å². The van der Waals surface area contributed by atoms with E-state index in [0.717, 1.165) is 34.1 Å². The summed E-state index contributed by atoms with van der Waals surface area (Å²) in [5, 5.41) is 12.9. The molecule has 2 aromatic heterocycles. The molecule has 1 atom stereocenters. The van der Waals surface area contributed by atoms with Crippen LogP contribution in [0.4, 0.5) is 5.13 Å². The average molecular weight is 498 g/mol. The fourth-order valence-electron chi connectivity index (χ4n) is 3.37. The number of rotatable bonds is 10. The second-order valence-corrected chi connectivity index (χ2v) is 10.1. The van der Waals surface area contributed by atoms with Crippen molar-refractivity contribution in [2.24, 2.45) is 5.92 Å². The van der Waals surface area contributed by atoms with Crippen molar-refractivity contribution in [2.75, 3.05) is 18.2 Å². The molecule has 1 unspecified atom stereocenters. The standard InChI is InChI=1S/C24H27N5O3S2/c1-15(2)13-29-22(16(3)32-18-11-9-17(31-4)10-12-18)27-28-24(29)33-14-21(30)26-23-25-19-7-5-6-8-20(19)34-23/h5-12,15-16H,13-14H2,1-4H3,(H,25,26,30). The third-order valence-electron chi connectivity index (χ3n) is 4.90. The zero-order chi connectivity index (χ0) is 24.1. The van der Waals surface area contributed by atoms with Crippen LogP contribution in [0.1, 0.15) is 32.7 Å². The Kier molecular flexibility index (Phi) is 7.69. The van der Waals surface area contributed by atoms with Crippen molar-refractivity contribution in [3.63, 3.8) is 0 Å². The molecule has 0 bridgehead atoms. The highest BCUT2D eigenvalue weighted by Crippen LogP contribution is 2.28. The van der Waals surface area contributed by atoms with Crippen LogP contribution in [-0.4, -0.2) is 38.5 Å². The summed E-state index contributed by atoms with van der Waals surface area (Å²) in [6.45, 7) is 6.93. The molecular formula is C24H27N5O3S2. The number of nitrogens with one attached hydrogen (secondary N) is 1. The molecule has 0 aliphatic carbocycles. The third kappa shape index (κ3) is 5.87. The number of carbonyl (C=O) groups is 1. The van der Waals surface area contributed by atoms with E-state index in [1.165, 1.54) is 23.1 Å². The summed E-state index contributed by atoms with van der Waals surface area (Å²) in [7, 11) is 1.63. The molecule has 0 fully saturated rings. The average Bonchev–Trinajstić information content (AvgIpc) is 3.41. The van der Waals surface area contributed by atoms with Crippen LogP contribution in [0.15, 0.2) is 53.7 Å². The van der Waals surface area contributed by atoms with Gasteiger partial charge in [-0.1, -0.05) is 49.1 Å². The number of ether oxygens (including phenoxy) is 2. The predicted molar refractivity (Wildman–Crippen MR) is 136 cm³/mol. The molecule has 0 saturated carbocycles. The molecular weight excluding hydrogens is 470 g/mol. The number of benzene rings is 2. The molecule has 0 spiro atoms. The third-order valence-corrected chi connectivity index (χ3v) is 6.82. The van der Waals surface area contributed by atoms with Crippen LogP contribution in [0, 0.1) is 5.92 Å². The summed E-state index contributed by atoms with van der Waals surface area (Å²) in [4.78, 5) is 17.0. The van der Waals surface area contributed by atoms with Gasteiger partial charge in [0.05, 0.1) is 23.1 Å². The van der Waals surface area contributed by atoms with Crippen LogP contribution in [0.25, 0.3) is 10.2 Å². The van der Waals surface area contributed by atoms with Crippen molar-refractivity contribution in [3.8, 4) is 11.5 Å². The number of aromatic nitrogens is 4. The molecule has 4 rings (SSSR count). The van der Waals surface area contributed by atoms with Gasteiger partial charge in [-0.15, -0.1) is 10.2 Å². The SMILES string of the molecule is COc1ccc(OC(C)c2nnc(SCC(=O)Nc3nc4ccccc4s3)n2CC(C)C)cc1. The minimum absolute atomic E-state index is 0.132. The molecule has 8 nitrogen and oxygen atoms in total. The van der Waals surface area contributed by atoms with Gasteiger partial charge in [0.25, 0.3) is 0 Å². The van der Waals surface area contributed by atoms with Crippen LogP contribution in [0.5, 0.6) is 11.5 Å². The number of amides is 1. The molecule has 0 radical (unpaired) electrons. The van der Waals surface area contributed by atoms with E-state index >= 15 is 0 Å². The first-order valence-electron chi connectivity index (χ1n) is 10.9. The fourth-order valence-corrected chi connectivity index (χ4v) is 5.00. The lowest BCUT2D eigenvalue weighted by molar-refractivity contribution is -0.113. The second-order valence-electron chi connectivity index (χ2n) is 8.10. The summed E-state index contributed by atoms with van der Waals surface area (Å²) in [6.07, 6.45) is -0.314. The van der Waals surface area contributed by atoms with Gasteiger partial charge < -0.3 is 19.4 Å². The quantitative estimate of drug-likeness (QED) is 0.292. The largest absolute Gasteiger partial charge is 0.497 e. The highest BCUT2D eigenvalue weighted by molar-refractivity contribution is 7.99. The molecule has 0 aliphatic rings. The summed E-state index contributed by atoms with van der Waals surface area (Å²) in [5.74, 6) is 2.66. The molecule has 178 valence electrons. The fraction of sp³-hybridized carbons (Fsp3) is 0.333. The summed E-state index contributed by atoms with van der Waals surface area (Å²) in [6, 6.07) is 15.2. The van der Waals surface area contributed by atoms with E-state index in [2.05, 4.69) is 34.3 Å². The molecule has 1 N–H and O–H groups in total. The number of thioether (sulfide) groups is 1. The Morgan fingerprint density at radius 3 is 2.53 bits per heavy atom. The number of anilines is 1. The lowest BCUT2D eigenvalue weighted by Crippen LogP contribution is -2.17. The second kappa shape index (κ2) is 10.9. The zero-order valence-corrected chi connectivity index (χ0v) is 21.2. The number of methoxy groups -OCH3 is 1. The van der Waals surface area contributed by atoms with Crippen molar-refractivity contribution >= 4 is 44.4 Å². The Labute approximate surface area is 206 Å². The van der Waals surface area contributed by atoms with E-state index < -0.39 is 0 Å². The van der Waals surface area contributed by atoms with E-state index in [1.54, 1.807) is 7.11 Å². The lowest BCUT2D eigenvalue weighted by atomic mass is 10.2. The van der Waals surface area contributed by atoms with E-state index in [-0.39, 0.29) is 17.8 Å². The first kappa shape index (κ1) is 24.0. The molecule has 0 aliphatic heterocycles. The van der Waals surface area contributed by atoms with Crippen molar-refractivity contribution < 1.29 is 14.3 Å². The Hall–Kier alpha value is -3.11. The van der Waals surface area contributed by atoms with Crippen LogP contribution < -0.4 is 14.8 Å². The van der Waals surface area contributed by atoms with E-state index in [9.17, 15) is 4.79 Å². The van der Waals surface area contributed by atoms with Crippen LogP contribution >= 0.6 is 23.1 Å². The monoisotopic (exact) mass is 497 g/mol. The van der Waals surface area contributed by atoms with Crippen LogP contribution in [-0.2, 0) is 11.3 Å². The van der Waals surface area contributed by atoms with E-state index in [0.29, 0.717) is 16.2 Å². The van der Waals surface area contributed by atoms with Gasteiger partial charge in [0, 0.05) is 6.54 Å². The highest BCUT2D eigenvalue weighted by atomic mass is 32.2. The number of fused-ring (bicyclic) bond motifs is 1. The number of hydrogen-bond donors (Lipinski definition) is 1. The molecule has 10 heteroatoms. The van der Waals surface area contributed by atoms with Gasteiger partial charge in [0.1, 0.15) is 11.5 Å². The number of hydrogen-bond acceptors (Lipinski definition) is 8. The Bertz CT molecular complexity index is 1220. The predicted octanol–water partition coefficient (Wildman–Crippen LogP) is 5.42. The van der Waals surface area contributed by atoms with Gasteiger partial charge in [-0.3, -0.25) is 4.79 Å². The smallest absolute Gasteiger partial charge is 0.236 e. The van der Waals surface area contributed by atoms with Gasteiger partial charge >= 0.3 is 0 Å². The Balaban J connectivity index is 1.42. The van der Waals surface area contributed by atoms with Crippen molar-refractivity contribution in [2.45, 2.75) is 38.6 Å². The molecule has 1 amide bonds. The first-order chi connectivity index (χ1) is 16.4. The molecule has 2 aromatic carbocycles. The maximum absolute atomic E-state index is 12.6. The van der Waals surface area contributed by atoms with Crippen LogP contribution in [0.3, 0.4) is 0 Å². The van der Waals surface area contributed by atoms with Gasteiger partial charge in [-0.05, 0) is 49.2 Å². The normalized spacial score (nSPS) is 12.1. The minimum Gasteiger partial charge on any atom is -0.497 e. The Morgan fingerprint density at radius 1 is 1.09 bits per heavy atom. The number of carbonyl (C=O) groups excluding carboxylic acids is 1. The topological polar surface area (TPSA) is 91.2 Å². The first-order valence-corrected chi connectivity index (χ1v) is 12.7. The zero-order valence-electron chi connectivity index (χ0n) is 19.5.